The van der Waals surface area contributed by atoms with Crippen LogP contribution >= 0.6 is 0 Å². The second-order valence-electron chi connectivity index (χ2n) is 7.20. The van der Waals surface area contributed by atoms with E-state index in [1.165, 1.54) is 0 Å². The van der Waals surface area contributed by atoms with Crippen molar-refractivity contribution in [3.05, 3.63) is 72.4 Å². The monoisotopic (exact) mass is 362 g/mol. The maximum absolute atomic E-state index is 12.7. The summed E-state index contributed by atoms with van der Waals surface area (Å²) in [5, 5.41) is 4.59. The fraction of sp³-hybridized carbons (Fsp3) is 0.190. The van der Waals surface area contributed by atoms with Crippen LogP contribution in [0.4, 0.5) is 0 Å². The molecule has 0 radical (unpaired) electrons. The van der Waals surface area contributed by atoms with Crippen molar-refractivity contribution in [3.63, 3.8) is 0 Å². The summed E-state index contributed by atoms with van der Waals surface area (Å²) in [5.41, 5.74) is 6.93. The number of hydrazine groups is 1. The molecule has 0 saturated heterocycles. The Morgan fingerprint density at radius 1 is 0.889 bits per heavy atom. The van der Waals surface area contributed by atoms with Crippen molar-refractivity contribution < 1.29 is 9.59 Å². The minimum Gasteiger partial charge on any atom is -0.273 e. The largest absolute Gasteiger partial charge is 0.273 e. The molecular weight excluding hydrogens is 340 g/mol. The molecule has 0 atom stereocenters. The van der Waals surface area contributed by atoms with Crippen LogP contribution in [0.2, 0.25) is 0 Å². The highest BCUT2D eigenvalue weighted by atomic mass is 16.2. The summed E-state index contributed by atoms with van der Waals surface area (Å²) < 4.78 is 1.66. The van der Waals surface area contributed by atoms with Gasteiger partial charge in [-0.05, 0) is 12.1 Å². The van der Waals surface area contributed by atoms with Gasteiger partial charge in [-0.25, -0.2) is 4.68 Å². The van der Waals surface area contributed by atoms with Crippen molar-refractivity contribution in [1.29, 1.82) is 0 Å². The first-order chi connectivity index (χ1) is 12.9. The highest BCUT2D eigenvalue weighted by Gasteiger charge is 2.23. The van der Waals surface area contributed by atoms with Gasteiger partial charge in [-0.15, -0.1) is 0 Å². The van der Waals surface area contributed by atoms with E-state index in [0.717, 1.165) is 11.3 Å². The van der Waals surface area contributed by atoms with Gasteiger partial charge >= 0.3 is 0 Å². The van der Waals surface area contributed by atoms with Crippen molar-refractivity contribution in [2.24, 2.45) is 5.41 Å². The molecule has 0 aliphatic carbocycles. The van der Waals surface area contributed by atoms with Crippen LogP contribution in [0.3, 0.4) is 0 Å². The summed E-state index contributed by atoms with van der Waals surface area (Å²) >= 11 is 0. The molecule has 27 heavy (non-hydrogen) atoms. The molecule has 0 aliphatic rings. The lowest BCUT2D eigenvalue weighted by molar-refractivity contribution is -0.129. The zero-order valence-electron chi connectivity index (χ0n) is 15.6. The Bertz CT molecular complexity index is 941. The number of carbonyl (C=O) groups excluding carboxylic acids is 2. The SMILES string of the molecule is CC(C)(C)C(=O)NNC(=O)c1cn(-c2ccccc2)nc1-c1ccccc1. The number of nitrogens with one attached hydrogen (secondary N) is 2. The lowest BCUT2D eigenvalue weighted by atomic mass is 9.96. The van der Waals surface area contributed by atoms with Gasteiger partial charge in [0.15, 0.2) is 0 Å². The lowest BCUT2D eigenvalue weighted by Crippen LogP contribution is -2.46. The number of para-hydroxylation sites is 1. The third-order valence-electron chi connectivity index (χ3n) is 4.00. The van der Waals surface area contributed by atoms with Crippen LogP contribution in [0.1, 0.15) is 31.1 Å². The normalized spacial score (nSPS) is 11.1. The molecule has 6 heteroatoms. The average molecular weight is 362 g/mol. The highest BCUT2D eigenvalue weighted by Crippen LogP contribution is 2.23. The Morgan fingerprint density at radius 3 is 2.07 bits per heavy atom. The topological polar surface area (TPSA) is 76.0 Å². The van der Waals surface area contributed by atoms with Crippen molar-refractivity contribution in [3.8, 4) is 16.9 Å². The first kappa shape index (κ1) is 18.4. The second-order valence-corrected chi connectivity index (χ2v) is 7.20. The smallest absolute Gasteiger partial charge is 0.273 e. The number of hydrogen-bond donors (Lipinski definition) is 2. The predicted molar refractivity (Wildman–Crippen MR) is 104 cm³/mol. The summed E-state index contributed by atoms with van der Waals surface area (Å²) in [6.45, 7) is 5.33. The van der Waals surface area contributed by atoms with Gasteiger partial charge in [0.2, 0.25) is 5.91 Å². The van der Waals surface area contributed by atoms with Crippen LogP contribution in [0.25, 0.3) is 16.9 Å². The molecule has 2 N–H and O–H groups in total. The van der Waals surface area contributed by atoms with Crippen molar-refractivity contribution >= 4 is 11.8 Å². The van der Waals surface area contributed by atoms with Crippen molar-refractivity contribution in [2.45, 2.75) is 20.8 Å². The summed E-state index contributed by atoms with van der Waals surface area (Å²) in [7, 11) is 0. The van der Waals surface area contributed by atoms with Crippen LogP contribution in [-0.4, -0.2) is 21.6 Å². The van der Waals surface area contributed by atoms with Gasteiger partial charge < -0.3 is 0 Å². The molecule has 0 spiro atoms. The molecule has 0 saturated carbocycles. The van der Waals surface area contributed by atoms with Gasteiger partial charge in [0, 0.05) is 17.2 Å². The summed E-state index contributed by atoms with van der Waals surface area (Å²) in [6.07, 6.45) is 1.66. The molecule has 2 amide bonds. The predicted octanol–water partition coefficient (Wildman–Crippen LogP) is 3.35. The third kappa shape index (κ3) is 4.23. The zero-order chi connectivity index (χ0) is 19.4. The molecule has 3 rings (SSSR count). The van der Waals surface area contributed by atoms with Crippen molar-refractivity contribution in [1.82, 2.24) is 20.6 Å². The first-order valence-electron chi connectivity index (χ1n) is 8.67. The summed E-state index contributed by atoms with van der Waals surface area (Å²) in [5.74, 6) is -0.693. The highest BCUT2D eigenvalue weighted by molar-refractivity contribution is 6.00. The number of amides is 2. The van der Waals surface area contributed by atoms with Crippen LogP contribution in [-0.2, 0) is 4.79 Å². The molecule has 3 aromatic rings. The van der Waals surface area contributed by atoms with Crippen LogP contribution in [0.5, 0.6) is 0 Å². The standard InChI is InChI=1S/C21H22N4O2/c1-21(2,3)20(27)23-22-19(26)17-14-25(16-12-8-5-9-13-16)24-18(17)15-10-6-4-7-11-15/h4-14H,1-3H3,(H,22,26)(H,23,27). The molecule has 0 unspecified atom stereocenters. The van der Waals surface area contributed by atoms with Gasteiger partial charge in [0.1, 0.15) is 5.69 Å². The van der Waals surface area contributed by atoms with Crippen LogP contribution in [0.15, 0.2) is 66.9 Å². The molecule has 0 aliphatic heterocycles. The maximum atomic E-state index is 12.7. The van der Waals surface area contributed by atoms with E-state index in [1.54, 1.807) is 31.6 Å². The fourth-order valence-corrected chi connectivity index (χ4v) is 2.43. The van der Waals surface area contributed by atoms with Crippen LogP contribution < -0.4 is 10.9 Å². The number of hydrogen-bond acceptors (Lipinski definition) is 3. The molecule has 1 aromatic heterocycles. The first-order valence-corrected chi connectivity index (χ1v) is 8.67. The Morgan fingerprint density at radius 2 is 1.48 bits per heavy atom. The molecule has 0 bridgehead atoms. The van der Waals surface area contributed by atoms with Gasteiger partial charge in [0.25, 0.3) is 5.91 Å². The number of aromatic nitrogens is 2. The van der Waals surface area contributed by atoms with Gasteiger partial charge in [-0.2, -0.15) is 5.10 Å². The molecular formula is C21H22N4O2. The van der Waals surface area contributed by atoms with E-state index < -0.39 is 11.3 Å². The lowest BCUT2D eigenvalue weighted by Gasteiger charge is -2.17. The quantitative estimate of drug-likeness (QED) is 0.702. The van der Waals surface area contributed by atoms with Crippen molar-refractivity contribution in [2.75, 3.05) is 0 Å². The second kappa shape index (κ2) is 7.45. The molecule has 138 valence electrons. The third-order valence-corrected chi connectivity index (χ3v) is 4.00. The maximum Gasteiger partial charge on any atom is 0.273 e. The Labute approximate surface area is 158 Å². The number of rotatable bonds is 3. The van der Waals surface area contributed by atoms with E-state index in [0.29, 0.717) is 11.3 Å². The average Bonchev–Trinajstić information content (AvgIpc) is 3.12. The summed E-state index contributed by atoms with van der Waals surface area (Å²) in [6, 6.07) is 19.0. The summed E-state index contributed by atoms with van der Waals surface area (Å²) in [4.78, 5) is 24.8. The molecule has 0 fully saturated rings. The number of nitrogens with zero attached hydrogens (tertiary/aromatic N) is 2. The fourth-order valence-electron chi connectivity index (χ4n) is 2.43. The van der Waals surface area contributed by atoms with E-state index >= 15 is 0 Å². The van der Waals surface area contributed by atoms with E-state index in [-0.39, 0.29) is 5.91 Å². The van der Waals surface area contributed by atoms with Crippen LogP contribution in [0, 0.1) is 5.41 Å². The number of carbonyl (C=O) groups is 2. The van der Waals surface area contributed by atoms with Gasteiger partial charge in [-0.3, -0.25) is 20.4 Å². The van der Waals surface area contributed by atoms with E-state index in [2.05, 4.69) is 16.0 Å². The van der Waals surface area contributed by atoms with E-state index in [1.807, 2.05) is 60.7 Å². The van der Waals surface area contributed by atoms with E-state index in [9.17, 15) is 9.59 Å². The Kier molecular flexibility index (Phi) is 5.07. The Balaban J connectivity index is 1.94. The van der Waals surface area contributed by atoms with Gasteiger partial charge in [-0.1, -0.05) is 69.3 Å². The Hall–Kier alpha value is -3.41. The molecule has 1 heterocycles. The minimum atomic E-state index is -0.607. The minimum absolute atomic E-state index is 0.271. The van der Waals surface area contributed by atoms with Gasteiger partial charge in [0.05, 0.1) is 11.3 Å². The number of benzene rings is 2. The molecule has 6 nitrogen and oxygen atoms in total. The zero-order valence-corrected chi connectivity index (χ0v) is 15.6. The van der Waals surface area contributed by atoms with E-state index in [4.69, 9.17) is 0 Å². The molecule has 2 aromatic carbocycles.